The second-order valence-electron chi connectivity index (χ2n) is 6.54. The fourth-order valence-corrected chi connectivity index (χ4v) is 2.53. The number of hydrogen-bond acceptors (Lipinski definition) is 3. The average molecular weight is 317 g/mol. The summed E-state index contributed by atoms with van der Waals surface area (Å²) in [6.45, 7) is 7.50. The summed E-state index contributed by atoms with van der Waals surface area (Å²) in [5, 5.41) is 0. The van der Waals surface area contributed by atoms with Crippen molar-refractivity contribution in [1.29, 1.82) is 0 Å². The van der Waals surface area contributed by atoms with Gasteiger partial charge in [-0.3, -0.25) is 0 Å². The molecule has 0 saturated carbocycles. The van der Waals surface area contributed by atoms with E-state index in [-0.39, 0.29) is 11.3 Å². The van der Waals surface area contributed by atoms with E-state index < -0.39 is 6.09 Å². The van der Waals surface area contributed by atoms with Crippen LogP contribution in [0.2, 0.25) is 0 Å². The quantitative estimate of drug-likeness (QED) is 0.643. The van der Waals surface area contributed by atoms with Crippen molar-refractivity contribution in [1.82, 2.24) is 0 Å². The van der Waals surface area contributed by atoms with Crippen LogP contribution in [0.25, 0.3) is 0 Å². The van der Waals surface area contributed by atoms with Crippen LogP contribution in [0.4, 0.5) is 4.79 Å². The van der Waals surface area contributed by atoms with Crippen molar-refractivity contribution in [2.24, 2.45) is 11.1 Å². The van der Waals surface area contributed by atoms with Crippen molar-refractivity contribution in [2.75, 3.05) is 20.3 Å². The topological polar surface area (TPSA) is 61.6 Å². The Morgan fingerprint density at radius 1 is 1.30 bits per heavy atom. The number of benzene rings is 1. The first-order chi connectivity index (χ1) is 10.8. The Bertz CT molecular complexity index is 564. The summed E-state index contributed by atoms with van der Waals surface area (Å²) in [4.78, 5) is 10.8. The molecular formula is C19H27NO3. The van der Waals surface area contributed by atoms with Crippen molar-refractivity contribution in [3.05, 3.63) is 35.4 Å². The second kappa shape index (κ2) is 9.22. The molecule has 1 aromatic carbocycles. The molecule has 0 aromatic heterocycles. The summed E-state index contributed by atoms with van der Waals surface area (Å²) in [7, 11) is 1.67. The summed E-state index contributed by atoms with van der Waals surface area (Å²) in [5.74, 6) is 6.52. The number of hydrogen-bond donors (Lipinski definition) is 1. The lowest BCUT2D eigenvalue weighted by molar-refractivity contribution is 0.144. The molecule has 4 nitrogen and oxygen atoms in total. The highest BCUT2D eigenvalue weighted by Gasteiger charge is 2.26. The van der Waals surface area contributed by atoms with E-state index in [1.165, 1.54) is 5.56 Å². The summed E-state index contributed by atoms with van der Waals surface area (Å²) in [5.41, 5.74) is 7.27. The van der Waals surface area contributed by atoms with Gasteiger partial charge >= 0.3 is 6.09 Å². The van der Waals surface area contributed by atoms with Crippen LogP contribution in [0, 0.1) is 17.3 Å². The number of carbonyl (C=O) groups is 1. The number of methoxy groups -OCH3 is 1. The van der Waals surface area contributed by atoms with Crippen LogP contribution in [0.15, 0.2) is 24.3 Å². The van der Waals surface area contributed by atoms with E-state index in [0.717, 1.165) is 18.4 Å². The maximum absolute atomic E-state index is 10.8. The molecule has 0 aliphatic heterocycles. The van der Waals surface area contributed by atoms with Gasteiger partial charge in [-0.1, -0.05) is 44.7 Å². The van der Waals surface area contributed by atoms with Crippen LogP contribution in [0.5, 0.6) is 0 Å². The van der Waals surface area contributed by atoms with Gasteiger partial charge in [0.15, 0.2) is 0 Å². The predicted molar refractivity (Wildman–Crippen MR) is 92.2 cm³/mol. The Hall–Kier alpha value is -1.99. The minimum absolute atomic E-state index is 0.0448. The molecule has 126 valence electrons. The van der Waals surface area contributed by atoms with Crippen molar-refractivity contribution in [2.45, 2.75) is 39.5 Å². The lowest BCUT2D eigenvalue weighted by atomic mass is 9.74. The molecule has 4 heteroatoms. The number of ether oxygens (including phenoxy) is 2. The average Bonchev–Trinajstić information content (AvgIpc) is 2.47. The van der Waals surface area contributed by atoms with E-state index in [0.29, 0.717) is 13.2 Å². The number of amides is 1. The van der Waals surface area contributed by atoms with Crippen LogP contribution >= 0.6 is 0 Å². The van der Waals surface area contributed by atoms with Gasteiger partial charge in [0.05, 0.1) is 13.2 Å². The van der Waals surface area contributed by atoms with E-state index >= 15 is 0 Å². The molecule has 0 aliphatic rings. The van der Waals surface area contributed by atoms with Crippen molar-refractivity contribution in [3.8, 4) is 11.8 Å². The third-order valence-corrected chi connectivity index (χ3v) is 3.65. The molecule has 0 radical (unpaired) electrons. The Kier molecular flexibility index (Phi) is 7.64. The molecular weight excluding hydrogens is 290 g/mol. The highest BCUT2D eigenvalue weighted by molar-refractivity contribution is 5.64. The Morgan fingerprint density at radius 2 is 2.04 bits per heavy atom. The highest BCUT2D eigenvalue weighted by atomic mass is 16.5. The van der Waals surface area contributed by atoms with Gasteiger partial charge in [0.2, 0.25) is 0 Å². The zero-order valence-electron chi connectivity index (χ0n) is 14.5. The minimum Gasteiger partial charge on any atom is -0.450 e. The van der Waals surface area contributed by atoms with Gasteiger partial charge in [-0.05, 0) is 35.4 Å². The Morgan fingerprint density at radius 3 is 2.65 bits per heavy atom. The molecule has 0 heterocycles. The SMILES string of the molecule is COCCC#Cc1cccc(C(CCOC(N)=O)C(C)(C)C)c1. The first-order valence-corrected chi connectivity index (χ1v) is 7.84. The molecule has 0 saturated heterocycles. The molecule has 1 unspecified atom stereocenters. The fourth-order valence-electron chi connectivity index (χ4n) is 2.53. The molecule has 1 amide bonds. The smallest absolute Gasteiger partial charge is 0.404 e. The number of nitrogens with two attached hydrogens (primary N) is 1. The van der Waals surface area contributed by atoms with Gasteiger partial charge in [-0.2, -0.15) is 0 Å². The standard InChI is InChI=1S/C19H27NO3/c1-19(2,3)17(11-13-23-18(20)21)16-10-7-9-15(14-16)8-5-6-12-22-4/h7,9-10,14,17H,6,11-13H2,1-4H3,(H2,20,21). The lowest BCUT2D eigenvalue weighted by Gasteiger charge is -2.31. The summed E-state index contributed by atoms with van der Waals surface area (Å²) < 4.78 is 9.90. The second-order valence-corrected chi connectivity index (χ2v) is 6.54. The van der Waals surface area contributed by atoms with Crippen LogP contribution in [-0.4, -0.2) is 26.4 Å². The van der Waals surface area contributed by atoms with Gasteiger partial charge in [0.1, 0.15) is 0 Å². The minimum atomic E-state index is -0.726. The molecule has 0 fully saturated rings. The Labute approximate surface area is 139 Å². The van der Waals surface area contributed by atoms with Gasteiger partial charge < -0.3 is 15.2 Å². The molecule has 1 atom stereocenters. The third kappa shape index (κ3) is 7.21. The van der Waals surface area contributed by atoms with Crippen LogP contribution in [-0.2, 0) is 9.47 Å². The van der Waals surface area contributed by atoms with Crippen LogP contribution < -0.4 is 5.73 Å². The van der Waals surface area contributed by atoms with Crippen molar-refractivity contribution >= 4 is 6.09 Å². The zero-order valence-corrected chi connectivity index (χ0v) is 14.5. The van der Waals surface area contributed by atoms with Crippen LogP contribution in [0.1, 0.15) is 50.7 Å². The number of rotatable bonds is 6. The summed E-state index contributed by atoms with van der Waals surface area (Å²) in [6.07, 6.45) is 0.721. The van der Waals surface area contributed by atoms with Crippen LogP contribution in [0.3, 0.4) is 0 Å². The Balaban J connectivity index is 2.88. The molecule has 0 spiro atoms. The molecule has 1 aromatic rings. The van der Waals surface area contributed by atoms with Gasteiger partial charge in [0.25, 0.3) is 0 Å². The largest absolute Gasteiger partial charge is 0.450 e. The molecule has 0 bridgehead atoms. The lowest BCUT2D eigenvalue weighted by Crippen LogP contribution is -2.22. The molecule has 23 heavy (non-hydrogen) atoms. The summed E-state index contributed by atoms with van der Waals surface area (Å²) in [6, 6.07) is 8.23. The number of primary amides is 1. The van der Waals surface area contributed by atoms with E-state index in [4.69, 9.17) is 15.2 Å². The van der Waals surface area contributed by atoms with Gasteiger partial charge in [-0.15, -0.1) is 0 Å². The first kappa shape index (κ1) is 19.1. The van der Waals surface area contributed by atoms with E-state index in [9.17, 15) is 4.79 Å². The maximum Gasteiger partial charge on any atom is 0.404 e. The number of carbonyl (C=O) groups excluding carboxylic acids is 1. The van der Waals surface area contributed by atoms with Gasteiger partial charge in [0, 0.05) is 19.1 Å². The van der Waals surface area contributed by atoms with E-state index in [1.807, 2.05) is 12.1 Å². The highest BCUT2D eigenvalue weighted by Crippen LogP contribution is 2.37. The van der Waals surface area contributed by atoms with E-state index in [2.05, 4.69) is 44.7 Å². The third-order valence-electron chi connectivity index (χ3n) is 3.65. The molecule has 2 N–H and O–H groups in total. The monoisotopic (exact) mass is 317 g/mol. The van der Waals surface area contributed by atoms with Crippen molar-refractivity contribution < 1.29 is 14.3 Å². The fraction of sp³-hybridized carbons (Fsp3) is 0.526. The summed E-state index contributed by atoms with van der Waals surface area (Å²) >= 11 is 0. The zero-order chi connectivity index (χ0) is 17.3. The maximum atomic E-state index is 10.8. The molecule has 0 aliphatic carbocycles. The molecule has 1 rings (SSSR count). The first-order valence-electron chi connectivity index (χ1n) is 7.84. The van der Waals surface area contributed by atoms with Gasteiger partial charge in [-0.25, -0.2) is 4.79 Å². The normalized spacial score (nSPS) is 12.2. The van der Waals surface area contributed by atoms with Crippen molar-refractivity contribution in [3.63, 3.8) is 0 Å². The predicted octanol–water partition coefficient (Wildman–Crippen LogP) is 3.69. The van der Waals surface area contributed by atoms with E-state index in [1.54, 1.807) is 7.11 Å².